The van der Waals surface area contributed by atoms with E-state index in [1.165, 1.54) is 23.1 Å². The molecule has 0 N–H and O–H groups in total. The van der Waals surface area contributed by atoms with E-state index in [9.17, 15) is 9.90 Å². The average Bonchev–Trinajstić information content (AvgIpc) is 2.61. The van der Waals surface area contributed by atoms with E-state index in [1.807, 2.05) is 25.1 Å². The van der Waals surface area contributed by atoms with Gasteiger partial charge >= 0.3 is 29.6 Å². The van der Waals surface area contributed by atoms with E-state index in [0.717, 1.165) is 20.1 Å². The second-order valence-electron chi connectivity index (χ2n) is 3.48. The Hall–Kier alpha value is -0.0700. The first-order chi connectivity index (χ1) is 7.58. The summed E-state index contributed by atoms with van der Waals surface area (Å²) in [6, 6.07) is 5.97. The van der Waals surface area contributed by atoms with Gasteiger partial charge in [0.25, 0.3) is 0 Å². The minimum absolute atomic E-state index is 0. The minimum Gasteiger partial charge on any atom is -0.549 e. The van der Waals surface area contributed by atoms with Crippen LogP contribution >= 0.6 is 23.1 Å². The van der Waals surface area contributed by atoms with Crippen LogP contribution < -0.4 is 34.7 Å². The van der Waals surface area contributed by atoms with Crippen LogP contribution in [0.5, 0.6) is 0 Å². The molecule has 0 spiro atoms. The van der Waals surface area contributed by atoms with E-state index in [-0.39, 0.29) is 29.6 Å². The fourth-order valence-corrected chi connectivity index (χ4v) is 3.53. The van der Waals surface area contributed by atoms with E-state index < -0.39 is 11.2 Å². The average molecular weight is 275 g/mol. The number of thiazole rings is 1. The number of aryl methyl sites for hydroxylation is 1. The summed E-state index contributed by atoms with van der Waals surface area (Å²) in [7, 11) is 0. The molecule has 0 bridgehead atoms. The van der Waals surface area contributed by atoms with Gasteiger partial charge in [-0.15, -0.1) is 11.3 Å². The van der Waals surface area contributed by atoms with Crippen molar-refractivity contribution < 1.29 is 39.5 Å². The number of carbonyl (C=O) groups is 1. The van der Waals surface area contributed by atoms with Crippen molar-refractivity contribution >= 4 is 39.3 Å². The van der Waals surface area contributed by atoms with Crippen molar-refractivity contribution in [1.29, 1.82) is 0 Å². The maximum Gasteiger partial charge on any atom is 1.00 e. The van der Waals surface area contributed by atoms with Crippen molar-refractivity contribution in [2.24, 2.45) is 0 Å². The molecule has 1 atom stereocenters. The summed E-state index contributed by atoms with van der Waals surface area (Å²) < 4.78 is 1.87. The SMILES string of the molecule is Cc1cccc2sc(SC(C)C(=O)[O-])nc12.[Na+]. The number of para-hydroxylation sites is 1. The van der Waals surface area contributed by atoms with E-state index >= 15 is 0 Å². The Morgan fingerprint density at radius 1 is 1.53 bits per heavy atom. The molecule has 17 heavy (non-hydrogen) atoms. The van der Waals surface area contributed by atoms with Crippen LogP contribution in [-0.4, -0.2) is 16.2 Å². The Kier molecular flexibility index (Phi) is 5.47. The van der Waals surface area contributed by atoms with Crippen LogP contribution in [0.15, 0.2) is 22.5 Å². The van der Waals surface area contributed by atoms with Crippen molar-refractivity contribution in [3.05, 3.63) is 23.8 Å². The summed E-state index contributed by atoms with van der Waals surface area (Å²) in [5, 5.41) is 10.1. The molecule has 0 saturated carbocycles. The number of fused-ring (bicyclic) bond motifs is 1. The normalized spacial score (nSPS) is 12.1. The number of carboxylic acids is 1. The molecular formula is C11H10NNaO2S2. The van der Waals surface area contributed by atoms with E-state index in [2.05, 4.69) is 4.98 Å². The van der Waals surface area contributed by atoms with E-state index in [4.69, 9.17) is 0 Å². The number of aromatic nitrogens is 1. The van der Waals surface area contributed by atoms with Gasteiger partial charge in [0, 0.05) is 5.25 Å². The fourth-order valence-electron chi connectivity index (χ4n) is 1.32. The third kappa shape index (κ3) is 3.45. The van der Waals surface area contributed by atoms with Crippen LogP contribution in [0.3, 0.4) is 0 Å². The van der Waals surface area contributed by atoms with Gasteiger partial charge in [-0.25, -0.2) is 4.98 Å². The summed E-state index contributed by atoms with van der Waals surface area (Å²) in [6.45, 7) is 3.61. The van der Waals surface area contributed by atoms with Gasteiger partial charge in [0.05, 0.1) is 16.2 Å². The molecule has 2 aromatic rings. The molecule has 2 rings (SSSR count). The fraction of sp³-hybridized carbons (Fsp3) is 0.273. The van der Waals surface area contributed by atoms with Crippen LogP contribution in [0, 0.1) is 6.92 Å². The number of benzene rings is 1. The van der Waals surface area contributed by atoms with Crippen LogP contribution in [0.25, 0.3) is 10.2 Å². The van der Waals surface area contributed by atoms with Crippen molar-refractivity contribution in [2.45, 2.75) is 23.4 Å². The molecule has 1 heterocycles. The van der Waals surface area contributed by atoms with Gasteiger partial charge in [-0.05, 0) is 25.5 Å². The van der Waals surface area contributed by atoms with Crippen LogP contribution in [0.4, 0.5) is 0 Å². The number of hydrogen-bond donors (Lipinski definition) is 0. The van der Waals surface area contributed by atoms with Gasteiger partial charge in [0.1, 0.15) is 0 Å². The van der Waals surface area contributed by atoms with Crippen molar-refractivity contribution in [3.63, 3.8) is 0 Å². The number of rotatable bonds is 3. The molecule has 0 aliphatic heterocycles. The third-order valence-corrected chi connectivity index (χ3v) is 4.40. The molecular weight excluding hydrogens is 265 g/mol. The number of nitrogens with zero attached hydrogens (tertiary/aromatic N) is 1. The molecule has 3 nitrogen and oxygen atoms in total. The zero-order valence-corrected chi connectivity index (χ0v) is 13.5. The van der Waals surface area contributed by atoms with Crippen molar-refractivity contribution in [1.82, 2.24) is 4.98 Å². The molecule has 6 heteroatoms. The maximum atomic E-state index is 10.6. The van der Waals surface area contributed by atoms with Crippen LogP contribution in [-0.2, 0) is 4.79 Å². The second-order valence-corrected chi connectivity index (χ2v) is 6.10. The molecule has 84 valence electrons. The molecule has 1 unspecified atom stereocenters. The Bertz CT molecular complexity index is 541. The smallest absolute Gasteiger partial charge is 0.549 e. The molecule has 0 saturated heterocycles. The summed E-state index contributed by atoms with van der Waals surface area (Å²) in [6.07, 6.45) is 0. The molecule has 0 aliphatic carbocycles. The van der Waals surface area contributed by atoms with Crippen molar-refractivity contribution in [3.8, 4) is 0 Å². The van der Waals surface area contributed by atoms with Crippen molar-refractivity contribution in [2.75, 3.05) is 0 Å². The predicted molar refractivity (Wildman–Crippen MR) is 64.7 cm³/mol. The standard InChI is InChI=1S/C11H11NO2S2.Na/c1-6-4-3-5-8-9(6)12-11(16-8)15-7(2)10(13)14;/h3-5,7H,1-2H3,(H,13,14);/q;+1/p-1. The molecule has 0 aliphatic rings. The topological polar surface area (TPSA) is 53.0 Å². The zero-order chi connectivity index (χ0) is 11.7. The number of carboxylic acid groups (broad SMARTS) is 1. The monoisotopic (exact) mass is 275 g/mol. The van der Waals surface area contributed by atoms with Gasteiger partial charge in [-0.2, -0.15) is 0 Å². The van der Waals surface area contributed by atoms with E-state index in [0.29, 0.717) is 0 Å². The summed E-state index contributed by atoms with van der Waals surface area (Å²) in [4.78, 5) is 15.1. The zero-order valence-electron chi connectivity index (χ0n) is 9.89. The molecule has 0 radical (unpaired) electrons. The quantitative estimate of drug-likeness (QED) is 0.524. The Balaban J connectivity index is 0.00000144. The van der Waals surface area contributed by atoms with Gasteiger partial charge in [0.2, 0.25) is 0 Å². The van der Waals surface area contributed by atoms with Gasteiger partial charge in [-0.3, -0.25) is 0 Å². The Labute approximate surface area is 130 Å². The molecule has 0 fully saturated rings. The molecule has 1 aromatic heterocycles. The molecule has 1 aromatic carbocycles. The number of carbonyl (C=O) groups excluding carboxylic acids is 1. The first kappa shape index (κ1) is 15.0. The first-order valence-electron chi connectivity index (χ1n) is 4.81. The number of hydrogen-bond acceptors (Lipinski definition) is 5. The molecule has 0 amide bonds. The largest absolute Gasteiger partial charge is 1.00 e. The minimum atomic E-state index is -1.05. The summed E-state index contributed by atoms with van der Waals surface area (Å²) in [5.41, 5.74) is 2.07. The number of thioether (sulfide) groups is 1. The van der Waals surface area contributed by atoms with E-state index in [1.54, 1.807) is 6.92 Å². The third-order valence-electron chi connectivity index (χ3n) is 2.21. The maximum absolute atomic E-state index is 10.6. The number of aliphatic carboxylic acids is 1. The van der Waals surface area contributed by atoms with Crippen LogP contribution in [0.2, 0.25) is 0 Å². The van der Waals surface area contributed by atoms with Gasteiger partial charge < -0.3 is 9.90 Å². The summed E-state index contributed by atoms with van der Waals surface area (Å²) >= 11 is 2.75. The second kappa shape index (κ2) is 6.20. The van der Waals surface area contributed by atoms with Gasteiger partial charge in [0.15, 0.2) is 4.34 Å². The first-order valence-corrected chi connectivity index (χ1v) is 6.51. The predicted octanol–water partition coefficient (Wildman–Crippen LogP) is -1.16. The summed E-state index contributed by atoms with van der Waals surface area (Å²) in [5.74, 6) is -1.05. The van der Waals surface area contributed by atoms with Gasteiger partial charge in [-0.1, -0.05) is 23.9 Å². The van der Waals surface area contributed by atoms with Crippen LogP contribution in [0.1, 0.15) is 12.5 Å². The Morgan fingerprint density at radius 2 is 2.24 bits per heavy atom. The Morgan fingerprint density at radius 3 is 2.82 bits per heavy atom.